The zero-order valence-corrected chi connectivity index (χ0v) is 20.8. The Labute approximate surface area is 214 Å². The molecule has 4 aromatic rings. The maximum Gasteiger partial charge on any atom is 0.320 e. The fraction of sp³-hybridized carbons (Fsp3) is 0.333. The van der Waals surface area contributed by atoms with Gasteiger partial charge in [-0.05, 0) is 17.7 Å². The van der Waals surface area contributed by atoms with E-state index < -0.39 is 0 Å². The predicted molar refractivity (Wildman–Crippen MR) is 140 cm³/mol. The number of azo groups is 1. The molecular weight excluding hydrogens is 472 g/mol. The van der Waals surface area contributed by atoms with Gasteiger partial charge in [-0.25, -0.2) is 0 Å². The first-order chi connectivity index (χ1) is 18.2. The molecule has 1 fully saturated rings. The summed E-state index contributed by atoms with van der Waals surface area (Å²) in [6, 6.07) is 15.9. The average Bonchev–Trinajstić information content (AvgIpc) is 3.36. The number of anilines is 1. The smallest absolute Gasteiger partial charge is 0.320 e. The van der Waals surface area contributed by atoms with E-state index in [9.17, 15) is 5.11 Å². The van der Waals surface area contributed by atoms with Gasteiger partial charge in [-0.1, -0.05) is 30.3 Å². The van der Waals surface area contributed by atoms with Crippen LogP contribution in [0.1, 0.15) is 16.7 Å². The minimum absolute atomic E-state index is 0.0697. The summed E-state index contributed by atoms with van der Waals surface area (Å²) in [4.78, 5) is 14.5. The number of hydrogen-bond donors (Lipinski definition) is 2. The number of H-pyrrole nitrogens is 1. The maximum absolute atomic E-state index is 9.44. The molecule has 3 heterocycles. The van der Waals surface area contributed by atoms with E-state index in [4.69, 9.17) is 14.2 Å². The Morgan fingerprint density at radius 1 is 1.08 bits per heavy atom. The Kier molecular flexibility index (Phi) is 7.87. The lowest BCUT2D eigenvalue weighted by Gasteiger charge is -2.27. The number of rotatable bonds is 10. The monoisotopic (exact) mass is 502 g/mol. The molecular formula is C27H30N6O4. The standard InChI is InChI=1S/C27H30N6O4/c1-35-24-14-19(6-7-20(24)18-34)8-11-37-27-30-25(15-26(31-27)33-9-12-36-13-10-33)32-29-17-21-16-28-23-5-3-2-4-22(21)23/h2-7,14-16,28,34H,8-13,17-18H2,1H3. The molecule has 0 atom stereocenters. The van der Waals surface area contributed by atoms with Crippen LogP contribution >= 0.6 is 0 Å². The number of nitrogens with one attached hydrogen (secondary N) is 1. The molecule has 0 bridgehead atoms. The largest absolute Gasteiger partial charge is 0.496 e. The van der Waals surface area contributed by atoms with Gasteiger partial charge in [0.2, 0.25) is 0 Å². The van der Waals surface area contributed by atoms with E-state index >= 15 is 0 Å². The van der Waals surface area contributed by atoms with Gasteiger partial charge in [0.25, 0.3) is 0 Å². The molecule has 1 aliphatic rings. The minimum atomic E-state index is -0.0697. The highest BCUT2D eigenvalue weighted by molar-refractivity contribution is 5.82. The van der Waals surface area contributed by atoms with Crippen LogP contribution in [0, 0.1) is 0 Å². The highest BCUT2D eigenvalue weighted by Gasteiger charge is 2.16. The van der Waals surface area contributed by atoms with Crippen molar-refractivity contribution >= 4 is 22.5 Å². The van der Waals surface area contributed by atoms with Gasteiger partial charge in [0.1, 0.15) is 11.6 Å². The van der Waals surface area contributed by atoms with Crippen LogP contribution < -0.4 is 14.4 Å². The molecule has 10 nitrogen and oxygen atoms in total. The Balaban J connectivity index is 1.30. The summed E-state index contributed by atoms with van der Waals surface area (Å²) >= 11 is 0. The van der Waals surface area contributed by atoms with E-state index in [1.54, 1.807) is 7.11 Å². The van der Waals surface area contributed by atoms with Gasteiger partial charge in [-0.2, -0.15) is 15.1 Å². The molecule has 0 saturated carbocycles. The third-order valence-electron chi connectivity index (χ3n) is 6.25. The molecule has 0 amide bonds. The number of nitrogens with zero attached hydrogens (tertiary/aromatic N) is 5. The van der Waals surface area contributed by atoms with E-state index in [0.717, 1.165) is 46.5 Å². The van der Waals surface area contributed by atoms with Gasteiger partial charge in [0, 0.05) is 53.8 Å². The molecule has 192 valence electrons. The van der Waals surface area contributed by atoms with Gasteiger partial charge in [-0.3, -0.25) is 0 Å². The lowest BCUT2D eigenvalue weighted by Crippen LogP contribution is -2.36. The van der Waals surface area contributed by atoms with Crippen molar-refractivity contribution < 1.29 is 19.3 Å². The Hall–Kier alpha value is -4.02. The number of methoxy groups -OCH3 is 1. The number of fused-ring (bicyclic) bond motifs is 1. The predicted octanol–water partition coefficient (Wildman–Crippen LogP) is 4.20. The number of para-hydroxylation sites is 1. The molecule has 37 heavy (non-hydrogen) atoms. The third-order valence-corrected chi connectivity index (χ3v) is 6.25. The molecule has 1 aliphatic heterocycles. The first kappa shape index (κ1) is 24.7. The Morgan fingerprint density at radius 3 is 2.78 bits per heavy atom. The summed E-state index contributed by atoms with van der Waals surface area (Å²) in [6.45, 7) is 3.49. The molecule has 0 spiro atoms. The molecule has 10 heteroatoms. The number of aliphatic hydroxyl groups excluding tert-OH is 1. The number of benzene rings is 2. The van der Waals surface area contributed by atoms with Crippen molar-refractivity contribution in [2.24, 2.45) is 10.2 Å². The molecule has 1 saturated heterocycles. The van der Waals surface area contributed by atoms with E-state index in [2.05, 4.69) is 36.1 Å². The molecule has 2 aromatic carbocycles. The first-order valence-corrected chi connectivity index (χ1v) is 12.3. The number of hydrogen-bond acceptors (Lipinski definition) is 9. The Bertz CT molecular complexity index is 1370. The summed E-state index contributed by atoms with van der Waals surface area (Å²) in [6.07, 6.45) is 2.59. The highest BCUT2D eigenvalue weighted by Crippen LogP contribution is 2.25. The fourth-order valence-corrected chi connectivity index (χ4v) is 4.25. The van der Waals surface area contributed by atoms with Crippen molar-refractivity contribution in [3.63, 3.8) is 0 Å². The van der Waals surface area contributed by atoms with Crippen LogP contribution in [0.2, 0.25) is 0 Å². The summed E-state index contributed by atoms with van der Waals surface area (Å²) < 4.78 is 16.8. The van der Waals surface area contributed by atoms with Crippen LogP contribution in [0.3, 0.4) is 0 Å². The van der Waals surface area contributed by atoms with E-state index in [-0.39, 0.29) is 12.6 Å². The van der Waals surface area contributed by atoms with Crippen molar-refractivity contribution in [3.8, 4) is 11.8 Å². The van der Waals surface area contributed by atoms with Crippen molar-refractivity contribution in [1.82, 2.24) is 15.0 Å². The van der Waals surface area contributed by atoms with Gasteiger partial charge in [0.05, 0.1) is 40.1 Å². The van der Waals surface area contributed by atoms with Gasteiger partial charge in [0.15, 0.2) is 5.82 Å². The fourth-order valence-electron chi connectivity index (χ4n) is 4.25. The quantitative estimate of drug-likeness (QED) is 0.312. The number of aromatic nitrogens is 3. The number of morpholine rings is 1. The van der Waals surface area contributed by atoms with Crippen molar-refractivity contribution in [3.05, 3.63) is 71.4 Å². The number of aliphatic hydroxyl groups is 1. The van der Waals surface area contributed by atoms with Crippen molar-refractivity contribution in [2.45, 2.75) is 19.6 Å². The van der Waals surface area contributed by atoms with Gasteiger partial charge in [-0.15, -0.1) is 5.11 Å². The van der Waals surface area contributed by atoms with E-state index in [1.807, 2.05) is 48.7 Å². The molecule has 5 rings (SSSR count). The molecule has 0 unspecified atom stereocenters. The van der Waals surface area contributed by atoms with Crippen LogP contribution in [0.5, 0.6) is 11.8 Å². The normalized spacial score (nSPS) is 13.9. The van der Waals surface area contributed by atoms with Crippen LogP contribution in [-0.2, 0) is 24.3 Å². The second kappa shape index (κ2) is 11.8. The lowest BCUT2D eigenvalue weighted by molar-refractivity contribution is 0.122. The molecule has 0 aliphatic carbocycles. The SMILES string of the molecule is COc1cc(CCOc2nc(N=NCc3c[nH]c4ccccc34)cc(N3CCOCC3)n2)ccc1CO. The molecule has 2 N–H and O–H groups in total. The van der Waals surface area contributed by atoms with E-state index in [1.165, 1.54) is 0 Å². The van der Waals surface area contributed by atoms with Crippen molar-refractivity contribution in [1.29, 1.82) is 0 Å². The summed E-state index contributed by atoms with van der Waals surface area (Å²) in [5.74, 6) is 1.84. The van der Waals surface area contributed by atoms with Gasteiger partial charge >= 0.3 is 6.01 Å². The lowest BCUT2D eigenvalue weighted by atomic mass is 10.1. The minimum Gasteiger partial charge on any atom is -0.496 e. The topological polar surface area (TPSA) is 117 Å². The first-order valence-electron chi connectivity index (χ1n) is 12.3. The summed E-state index contributed by atoms with van der Waals surface area (Å²) in [7, 11) is 1.59. The van der Waals surface area contributed by atoms with Crippen molar-refractivity contribution in [2.75, 3.05) is 44.9 Å². The van der Waals surface area contributed by atoms with E-state index in [0.29, 0.717) is 44.4 Å². The molecule has 2 aromatic heterocycles. The van der Waals surface area contributed by atoms with Crippen LogP contribution in [0.4, 0.5) is 11.6 Å². The van der Waals surface area contributed by atoms with Crippen LogP contribution in [0.15, 0.2) is 65.0 Å². The second-order valence-electron chi connectivity index (χ2n) is 8.63. The molecule has 0 radical (unpaired) electrons. The van der Waals surface area contributed by atoms with Crippen LogP contribution in [-0.4, -0.2) is 60.1 Å². The number of aromatic amines is 1. The van der Waals surface area contributed by atoms with Gasteiger partial charge < -0.3 is 29.2 Å². The highest BCUT2D eigenvalue weighted by atomic mass is 16.5. The third kappa shape index (κ3) is 6.04. The zero-order chi connectivity index (χ0) is 25.5. The second-order valence-corrected chi connectivity index (χ2v) is 8.63. The number of ether oxygens (including phenoxy) is 3. The summed E-state index contributed by atoms with van der Waals surface area (Å²) in [5, 5.41) is 19.4. The zero-order valence-electron chi connectivity index (χ0n) is 20.8. The van der Waals surface area contributed by atoms with Crippen LogP contribution in [0.25, 0.3) is 10.9 Å². The average molecular weight is 503 g/mol. The maximum atomic E-state index is 9.44. The Morgan fingerprint density at radius 2 is 1.95 bits per heavy atom. The summed E-state index contributed by atoms with van der Waals surface area (Å²) in [5.41, 5.74) is 3.91.